The Labute approximate surface area is 126 Å². The predicted molar refractivity (Wildman–Crippen MR) is 77.4 cm³/mol. The second-order valence-corrected chi connectivity index (χ2v) is 7.79. The fourth-order valence-electron chi connectivity index (χ4n) is 2.03. The molecular weight excluding hydrogens is 349 g/mol. The van der Waals surface area contributed by atoms with Crippen molar-refractivity contribution < 1.29 is 17.5 Å². The van der Waals surface area contributed by atoms with E-state index in [0.717, 1.165) is 25.3 Å². The first-order valence-electron chi connectivity index (χ1n) is 6.32. The van der Waals surface area contributed by atoms with Gasteiger partial charge in [-0.1, -0.05) is 15.9 Å². The van der Waals surface area contributed by atoms with E-state index in [9.17, 15) is 12.8 Å². The van der Waals surface area contributed by atoms with Gasteiger partial charge in [0.1, 0.15) is 10.7 Å². The highest BCUT2D eigenvalue weighted by atomic mass is 79.9. The highest BCUT2D eigenvalue weighted by Gasteiger charge is 2.42. The quantitative estimate of drug-likeness (QED) is 0.807. The lowest BCUT2D eigenvalue weighted by atomic mass is 10.0. The molecule has 0 amide bonds. The molecule has 2 rings (SSSR count). The van der Waals surface area contributed by atoms with Gasteiger partial charge in [-0.05, 0) is 42.9 Å². The van der Waals surface area contributed by atoms with Crippen molar-refractivity contribution in [3.05, 3.63) is 28.5 Å². The molecule has 1 aliphatic rings. The largest absolute Gasteiger partial charge is 0.385 e. The molecular formula is C13H17BrFNO3S. The van der Waals surface area contributed by atoms with Crippen molar-refractivity contribution in [3.63, 3.8) is 0 Å². The van der Waals surface area contributed by atoms with E-state index in [-0.39, 0.29) is 10.3 Å². The molecule has 0 saturated heterocycles. The minimum absolute atomic E-state index is 0.0189. The van der Waals surface area contributed by atoms with Gasteiger partial charge < -0.3 is 4.74 Å². The Bertz CT molecular complexity index is 587. The van der Waals surface area contributed by atoms with Crippen LogP contribution in [0.4, 0.5) is 4.39 Å². The van der Waals surface area contributed by atoms with Gasteiger partial charge in [0.25, 0.3) is 0 Å². The lowest BCUT2D eigenvalue weighted by molar-refractivity contribution is 0.173. The van der Waals surface area contributed by atoms with Gasteiger partial charge >= 0.3 is 0 Å². The van der Waals surface area contributed by atoms with E-state index < -0.39 is 15.8 Å². The third-order valence-corrected chi connectivity index (χ3v) is 5.54. The highest BCUT2D eigenvalue weighted by Crippen LogP contribution is 2.48. The molecule has 0 heterocycles. The van der Waals surface area contributed by atoms with Crippen LogP contribution in [0.2, 0.25) is 0 Å². The summed E-state index contributed by atoms with van der Waals surface area (Å²) < 4.78 is 46.0. The number of benzene rings is 1. The summed E-state index contributed by atoms with van der Waals surface area (Å²) >= 11 is 3.10. The molecule has 1 aromatic rings. The van der Waals surface area contributed by atoms with Crippen LogP contribution in [0.3, 0.4) is 0 Å². The van der Waals surface area contributed by atoms with E-state index in [0.29, 0.717) is 17.6 Å². The van der Waals surface area contributed by atoms with Gasteiger partial charge in [-0.3, -0.25) is 0 Å². The summed E-state index contributed by atoms with van der Waals surface area (Å²) in [6.07, 6.45) is 2.76. The van der Waals surface area contributed by atoms with E-state index >= 15 is 0 Å². The summed E-state index contributed by atoms with van der Waals surface area (Å²) in [6.45, 7) is 0.933. The van der Waals surface area contributed by atoms with Crippen LogP contribution in [0.5, 0.6) is 0 Å². The van der Waals surface area contributed by atoms with Crippen LogP contribution in [0.1, 0.15) is 19.3 Å². The van der Waals surface area contributed by atoms with Gasteiger partial charge in [-0.25, -0.2) is 17.5 Å². The fourth-order valence-corrected chi connectivity index (χ4v) is 3.58. The standard InChI is InChI=1S/C13H17BrFNO3S/c1-19-7-6-13(4-5-13)9-16-20(17,18)12-3-2-10(14)8-11(12)15/h2-3,8,16H,4-7,9H2,1H3. The smallest absolute Gasteiger partial charge is 0.243 e. The summed E-state index contributed by atoms with van der Waals surface area (Å²) in [4.78, 5) is -0.316. The molecule has 0 bridgehead atoms. The van der Waals surface area contributed by atoms with Crippen molar-refractivity contribution in [2.75, 3.05) is 20.3 Å². The number of halogens is 2. The maximum atomic E-state index is 13.7. The van der Waals surface area contributed by atoms with E-state index in [1.54, 1.807) is 7.11 Å². The second kappa shape index (κ2) is 6.09. The number of rotatable bonds is 7. The number of sulfonamides is 1. The Kier molecular flexibility index (Phi) is 4.84. The average molecular weight is 366 g/mol. The Hall–Kier alpha value is -0.500. The number of methoxy groups -OCH3 is 1. The van der Waals surface area contributed by atoms with Crippen LogP contribution < -0.4 is 4.72 Å². The Morgan fingerprint density at radius 1 is 1.45 bits per heavy atom. The second-order valence-electron chi connectivity index (χ2n) is 5.14. The van der Waals surface area contributed by atoms with Gasteiger partial charge in [0, 0.05) is 24.7 Å². The van der Waals surface area contributed by atoms with Crippen molar-refractivity contribution >= 4 is 26.0 Å². The van der Waals surface area contributed by atoms with Crippen LogP contribution in [-0.2, 0) is 14.8 Å². The van der Waals surface area contributed by atoms with E-state index in [1.165, 1.54) is 12.1 Å². The van der Waals surface area contributed by atoms with Crippen LogP contribution in [-0.4, -0.2) is 28.7 Å². The number of ether oxygens (including phenoxy) is 1. The number of hydrogen-bond acceptors (Lipinski definition) is 3. The summed E-state index contributed by atoms with van der Waals surface area (Å²) in [7, 11) is -2.19. The molecule has 0 aliphatic heterocycles. The zero-order chi connectivity index (χ0) is 14.8. The van der Waals surface area contributed by atoms with E-state index in [4.69, 9.17) is 4.74 Å². The molecule has 1 aromatic carbocycles. The molecule has 4 nitrogen and oxygen atoms in total. The van der Waals surface area contributed by atoms with E-state index in [2.05, 4.69) is 20.7 Å². The molecule has 0 aromatic heterocycles. The predicted octanol–water partition coefficient (Wildman–Crippen LogP) is 2.68. The van der Waals surface area contributed by atoms with Gasteiger partial charge in [0.2, 0.25) is 10.0 Å². The summed E-state index contributed by atoms with van der Waals surface area (Å²) in [5.41, 5.74) is -0.0189. The lowest BCUT2D eigenvalue weighted by Gasteiger charge is -2.16. The van der Waals surface area contributed by atoms with Crippen LogP contribution >= 0.6 is 15.9 Å². The lowest BCUT2D eigenvalue weighted by Crippen LogP contribution is -2.31. The van der Waals surface area contributed by atoms with Crippen LogP contribution in [0.15, 0.2) is 27.6 Å². The molecule has 112 valence electrons. The molecule has 1 fully saturated rings. The minimum atomic E-state index is -3.81. The highest BCUT2D eigenvalue weighted by molar-refractivity contribution is 9.10. The molecule has 1 aliphatic carbocycles. The molecule has 1 N–H and O–H groups in total. The Morgan fingerprint density at radius 3 is 2.70 bits per heavy atom. The maximum Gasteiger partial charge on any atom is 0.243 e. The number of nitrogens with one attached hydrogen (secondary N) is 1. The van der Waals surface area contributed by atoms with Crippen molar-refractivity contribution in [2.24, 2.45) is 5.41 Å². The zero-order valence-electron chi connectivity index (χ0n) is 11.2. The molecule has 0 spiro atoms. The van der Waals surface area contributed by atoms with Gasteiger partial charge in [-0.15, -0.1) is 0 Å². The third kappa shape index (κ3) is 3.78. The maximum absolute atomic E-state index is 13.7. The Balaban J connectivity index is 2.04. The molecule has 7 heteroatoms. The summed E-state index contributed by atoms with van der Waals surface area (Å²) in [6, 6.07) is 3.91. The summed E-state index contributed by atoms with van der Waals surface area (Å²) in [5, 5.41) is 0. The first-order valence-corrected chi connectivity index (χ1v) is 8.60. The van der Waals surface area contributed by atoms with Gasteiger partial charge in [0.15, 0.2) is 0 Å². The normalized spacial score (nSPS) is 17.1. The SMILES string of the molecule is COCCC1(CNS(=O)(=O)c2ccc(Br)cc2F)CC1. The van der Waals surface area contributed by atoms with Crippen LogP contribution in [0.25, 0.3) is 0 Å². The van der Waals surface area contributed by atoms with Crippen LogP contribution in [0, 0.1) is 11.2 Å². The molecule has 0 unspecified atom stereocenters. The van der Waals surface area contributed by atoms with E-state index in [1.807, 2.05) is 0 Å². The molecule has 0 atom stereocenters. The topological polar surface area (TPSA) is 55.4 Å². The van der Waals surface area contributed by atoms with Crippen molar-refractivity contribution in [1.29, 1.82) is 0 Å². The number of hydrogen-bond donors (Lipinski definition) is 1. The molecule has 0 radical (unpaired) electrons. The van der Waals surface area contributed by atoms with Crippen molar-refractivity contribution in [2.45, 2.75) is 24.2 Å². The first-order chi connectivity index (χ1) is 9.38. The first kappa shape index (κ1) is 15.9. The zero-order valence-corrected chi connectivity index (χ0v) is 13.6. The summed E-state index contributed by atoms with van der Waals surface area (Å²) in [5.74, 6) is -0.756. The minimum Gasteiger partial charge on any atom is -0.385 e. The monoisotopic (exact) mass is 365 g/mol. The molecule has 20 heavy (non-hydrogen) atoms. The third-order valence-electron chi connectivity index (χ3n) is 3.61. The van der Waals surface area contributed by atoms with Gasteiger partial charge in [0.05, 0.1) is 0 Å². The van der Waals surface area contributed by atoms with Gasteiger partial charge in [-0.2, -0.15) is 0 Å². The Morgan fingerprint density at radius 2 is 2.15 bits per heavy atom. The van der Waals surface area contributed by atoms with Crippen molar-refractivity contribution in [1.82, 2.24) is 4.72 Å². The molecule has 1 saturated carbocycles. The fraction of sp³-hybridized carbons (Fsp3) is 0.538. The average Bonchev–Trinajstić information content (AvgIpc) is 3.14. The van der Waals surface area contributed by atoms with Crippen molar-refractivity contribution in [3.8, 4) is 0 Å².